The van der Waals surface area contributed by atoms with Crippen molar-refractivity contribution >= 4 is 27.6 Å². The molecular weight excluding hydrogens is 388 g/mol. The molecule has 0 fully saturated rings. The maximum atomic E-state index is 11.6. The molecule has 0 saturated carbocycles. The maximum absolute atomic E-state index is 11.6. The molecule has 0 aliphatic rings. The van der Waals surface area contributed by atoms with Gasteiger partial charge in [-0.2, -0.15) is 0 Å². The molecule has 0 spiro atoms. The second kappa shape index (κ2) is 11.2. The van der Waals surface area contributed by atoms with Crippen LogP contribution < -0.4 is 68.9 Å². The van der Waals surface area contributed by atoms with Crippen LogP contribution in [0.2, 0.25) is 0 Å². The molecule has 0 amide bonds. The molecule has 0 radical (unpaired) electrons. The van der Waals surface area contributed by atoms with Gasteiger partial charge in [0.25, 0.3) is 0 Å². The minimum atomic E-state index is -4.80. The Labute approximate surface area is 181 Å². The molecule has 0 N–H and O–H groups in total. The first kappa shape index (κ1) is 26.7. The van der Waals surface area contributed by atoms with Crippen molar-refractivity contribution < 1.29 is 106 Å². The topological polar surface area (TPSA) is 151 Å². The molecule has 0 heterocycles. The Balaban J connectivity index is 0. The number of phosphoric acid groups is 2. The largest absolute Gasteiger partial charge is 1.00 e. The van der Waals surface area contributed by atoms with Gasteiger partial charge in [0.15, 0.2) is 0 Å². The molecule has 2 atom stereocenters. The Morgan fingerprint density at radius 1 is 0.875 bits per heavy atom. The second-order valence-corrected chi connectivity index (χ2v) is 6.48. The maximum Gasteiger partial charge on any atom is 1.00 e. The summed E-state index contributed by atoms with van der Waals surface area (Å²) in [6.45, 7) is 0. The molecule has 122 valence electrons. The van der Waals surface area contributed by atoms with E-state index in [-0.39, 0.29) is 70.2 Å². The number of carbonyl (C=O) groups excluding carboxylic acids is 2. The first-order valence-electron chi connectivity index (χ1n) is 5.41. The van der Waals surface area contributed by atoms with Crippen LogP contribution in [0, 0.1) is 0 Å². The van der Waals surface area contributed by atoms with Crippen LogP contribution in [0.1, 0.15) is 20.7 Å². The Bertz CT molecular complexity index is 626. The van der Waals surface area contributed by atoms with Crippen molar-refractivity contribution in [3.05, 3.63) is 35.4 Å². The summed E-state index contributed by atoms with van der Waals surface area (Å²) in [6, 6.07) is 4.36. The van der Waals surface area contributed by atoms with Gasteiger partial charge < -0.3 is 27.9 Å². The standard InChI is InChI=1S/C10H12O10P2.2Na/c1-17-21(13,14)19-9(11)7-4-3-5-8(6-7)10(12)20-22(15,16)18-2;;/h3-6H,1-2H3,(H,13,14)(H,15,16);;/q;2*+1/p-2. The average molecular weight is 398 g/mol. The third-order valence-corrected chi connectivity index (χ3v) is 3.84. The van der Waals surface area contributed by atoms with Crippen LogP contribution >= 0.6 is 15.6 Å². The Kier molecular flexibility index (Phi) is 12.5. The molecule has 2 unspecified atom stereocenters. The van der Waals surface area contributed by atoms with Crippen LogP contribution in [0.5, 0.6) is 0 Å². The van der Waals surface area contributed by atoms with Crippen molar-refractivity contribution in [1.82, 2.24) is 0 Å². The molecule has 1 aromatic carbocycles. The molecule has 0 aliphatic heterocycles. The summed E-state index contributed by atoms with van der Waals surface area (Å²) >= 11 is 0. The summed E-state index contributed by atoms with van der Waals surface area (Å²) in [7, 11) is -8.01. The molecule has 10 nitrogen and oxygen atoms in total. The van der Waals surface area contributed by atoms with Gasteiger partial charge in [-0.25, -0.2) is 9.59 Å². The summed E-state index contributed by atoms with van der Waals surface area (Å²) in [4.78, 5) is 45.1. The summed E-state index contributed by atoms with van der Waals surface area (Å²) in [5.41, 5.74) is -0.665. The minimum absolute atomic E-state index is 0. The number of benzene rings is 1. The Morgan fingerprint density at radius 2 is 1.21 bits per heavy atom. The zero-order valence-electron chi connectivity index (χ0n) is 13.3. The van der Waals surface area contributed by atoms with Crippen molar-refractivity contribution in [3.63, 3.8) is 0 Å². The van der Waals surface area contributed by atoms with Crippen molar-refractivity contribution in [2.75, 3.05) is 14.2 Å². The quantitative estimate of drug-likeness (QED) is 0.335. The van der Waals surface area contributed by atoms with E-state index in [0.717, 1.165) is 32.4 Å². The van der Waals surface area contributed by atoms with Gasteiger partial charge in [0.1, 0.15) is 0 Å². The van der Waals surface area contributed by atoms with Crippen LogP contribution in [0.3, 0.4) is 0 Å². The van der Waals surface area contributed by atoms with Gasteiger partial charge in [0, 0.05) is 14.2 Å². The number of phosphoric ester groups is 2. The van der Waals surface area contributed by atoms with Crippen LogP contribution in [0.4, 0.5) is 0 Å². The number of hydrogen-bond acceptors (Lipinski definition) is 10. The van der Waals surface area contributed by atoms with E-state index in [0.29, 0.717) is 0 Å². The van der Waals surface area contributed by atoms with Gasteiger partial charge in [-0.1, -0.05) is 6.07 Å². The molecule has 0 aromatic heterocycles. The van der Waals surface area contributed by atoms with E-state index in [4.69, 9.17) is 0 Å². The zero-order chi connectivity index (χ0) is 17.0. The number of hydrogen-bond donors (Lipinski definition) is 0. The van der Waals surface area contributed by atoms with Crippen LogP contribution in [0.25, 0.3) is 0 Å². The predicted molar refractivity (Wildman–Crippen MR) is 66.5 cm³/mol. The van der Waals surface area contributed by atoms with E-state index in [1.807, 2.05) is 0 Å². The SMILES string of the molecule is COP(=O)([O-])OC(=O)c1cccc(C(=O)OP(=O)([O-])OC)c1.[Na+].[Na+]. The third-order valence-electron chi connectivity index (χ3n) is 2.17. The van der Waals surface area contributed by atoms with Gasteiger partial charge in [-0.3, -0.25) is 9.13 Å². The molecule has 1 aromatic rings. The first-order chi connectivity index (χ1) is 10.1. The van der Waals surface area contributed by atoms with Crippen LogP contribution in [-0.4, -0.2) is 26.2 Å². The molecule has 0 bridgehead atoms. The fraction of sp³-hybridized carbons (Fsp3) is 0.200. The van der Waals surface area contributed by atoms with Crippen LogP contribution in [-0.2, 0) is 27.2 Å². The van der Waals surface area contributed by atoms with Gasteiger partial charge in [0.2, 0.25) is 0 Å². The normalized spacial score (nSPS) is 14.8. The average Bonchev–Trinajstić information content (AvgIpc) is 2.46. The van der Waals surface area contributed by atoms with E-state index in [9.17, 15) is 28.5 Å². The molecule has 24 heavy (non-hydrogen) atoms. The first-order valence-corrected chi connectivity index (χ1v) is 8.34. The predicted octanol–water partition coefficient (Wildman–Crippen LogP) is -5.76. The van der Waals surface area contributed by atoms with Gasteiger partial charge >= 0.3 is 86.7 Å². The Morgan fingerprint density at radius 3 is 1.50 bits per heavy atom. The van der Waals surface area contributed by atoms with Gasteiger partial charge in [-0.15, -0.1) is 0 Å². The van der Waals surface area contributed by atoms with Crippen molar-refractivity contribution in [2.45, 2.75) is 0 Å². The number of carbonyl (C=O) groups is 2. The molecular formula is C10H10Na2O10P2. The molecule has 0 saturated heterocycles. The monoisotopic (exact) mass is 398 g/mol. The van der Waals surface area contributed by atoms with E-state index < -0.39 is 27.6 Å². The molecule has 14 heteroatoms. The van der Waals surface area contributed by atoms with Crippen LogP contribution in [0.15, 0.2) is 24.3 Å². The minimum Gasteiger partial charge on any atom is -0.746 e. The second-order valence-electron chi connectivity index (χ2n) is 3.60. The molecule has 0 aliphatic carbocycles. The van der Waals surface area contributed by atoms with E-state index in [1.165, 1.54) is 6.07 Å². The van der Waals surface area contributed by atoms with Gasteiger partial charge in [-0.05, 0) is 18.2 Å². The van der Waals surface area contributed by atoms with E-state index >= 15 is 0 Å². The van der Waals surface area contributed by atoms with Crippen molar-refractivity contribution in [3.8, 4) is 0 Å². The molecule has 1 rings (SSSR count). The smallest absolute Gasteiger partial charge is 0.746 e. The summed E-state index contributed by atoms with van der Waals surface area (Å²) < 4.78 is 38.1. The number of rotatable bonds is 6. The van der Waals surface area contributed by atoms with E-state index in [1.54, 1.807) is 0 Å². The van der Waals surface area contributed by atoms with Gasteiger partial charge in [0.05, 0.1) is 11.1 Å². The fourth-order valence-electron chi connectivity index (χ4n) is 1.16. The fourth-order valence-corrected chi connectivity index (χ4v) is 1.92. The van der Waals surface area contributed by atoms with Crippen molar-refractivity contribution in [1.29, 1.82) is 0 Å². The Hall–Kier alpha value is 0.460. The summed E-state index contributed by atoms with van der Waals surface area (Å²) in [5.74, 6) is -2.63. The third kappa shape index (κ3) is 8.71. The van der Waals surface area contributed by atoms with Crippen molar-refractivity contribution in [2.24, 2.45) is 0 Å². The summed E-state index contributed by atoms with van der Waals surface area (Å²) in [6.07, 6.45) is 0. The zero-order valence-corrected chi connectivity index (χ0v) is 19.1. The summed E-state index contributed by atoms with van der Waals surface area (Å²) in [5, 5.41) is 0. The van der Waals surface area contributed by atoms with E-state index in [2.05, 4.69) is 18.1 Å².